The second-order valence-corrected chi connectivity index (χ2v) is 14.2. The number of H-pyrrole nitrogens is 2. The highest BCUT2D eigenvalue weighted by Crippen LogP contribution is 2.42. The molecule has 0 aliphatic carbocycles. The summed E-state index contributed by atoms with van der Waals surface area (Å²) in [6.45, 7) is 11.0. The van der Waals surface area contributed by atoms with Crippen molar-refractivity contribution in [2.75, 3.05) is 14.2 Å². The fraction of sp³-hybridized carbons (Fsp3) is 0.429. The van der Waals surface area contributed by atoms with Crippen LogP contribution < -0.4 is 4.74 Å². The fourth-order valence-corrected chi connectivity index (χ4v) is 6.87. The average Bonchev–Trinajstić information content (AvgIpc) is 3.81. The third kappa shape index (κ3) is 8.09. The molecular formula is C42H50N6O5. The van der Waals surface area contributed by atoms with Crippen LogP contribution in [0.3, 0.4) is 0 Å². The summed E-state index contributed by atoms with van der Waals surface area (Å²) < 4.78 is 17.1. The first kappa shape index (κ1) is 37.6. The molecule has 0 unspecified atom stereocenters. The van der Waals surface area contributed by atoms with Crippen LogP contribution in [0, 0.1) is 12.3 Å². The van der Waals surface area contributed by atoms with Crippen molar-refractivity contribution in [1.82, 2.24) is 29.7 Å². The van der Waals surface area contributed by atoms with E-state index in [4.69, 9.17) is 25.6 Å². The van der Waals surface area contributed by atoms with Gasteiger partial charge in [0.25, 0.3) is 0 Å². The van der Waals surface area contributed by atoms with Gasteiger partial charge in [-0.3, -0.25) is 9.59 Å². The minimum atomic E-state index is -0.195. The molecule has 2 amide bonds. The highest BCUT2D eigenvalue weighted by Gasteiger charge is 2.26. The van der Waals surface area contributed by atoms with Gasteiger partial charge in [-0.25, -0.2) is 9.97 Å². The summed E-state index contributed by atoms with van der Waals surface area (Å²) in [4.78, 5) is 46.5. The van der Waals surface area contributed by atoms with Crippen LogP contribution in [0.15, 0.2) is 48.7 Å². The van der Waals surface area contributed by atoms with Gasteiger partial charge in [-0.05, 0) is 80.5 Å². The third-order valence-electron chi connectivity index (χ3n) is 10.4. The number of nitrogens with zero attached hydrogens (tertiary/aromatic N) is 4. The number of rotatable bonds is 15. The van der Waals surface area contributed by atoms with E-state index in [1.165, 1.54) is 0 Å². The highest BCUT2D eigenvalue weighted by atomic mass is 16.5. The van der Waals surface area contributed by atoms with Crippen LogP contribution in [0.25, 0.3) is 44.2 Å². The summed E-state index contributed by atoms with van der Waals surface area (Å²) in [7, 11) is 3.23. The molecule has 3 aromatic carbocycles. The molecule has 1 aliphatic rings. The van der Waals surface area contributed by atoms with Crippen LogP contribution in [-0.4, -0.2) is 80.1 Å². The van der Waals surface area contributed by atoms with Crippen LogP contribution in [0.4, 0.5) is 0 Å². The molecule has 1 aliphatic heterocycles. The van der Waals surface area contributed by atoms with Gasteiger partial charge in [-0.15, -0.1) is 12.3 Å². The SMILES string of the molecule is C#CC[C@H](C)N(Cc1ncc(-c2ccc3c(c2)COc2cc4c(ccc5[nH]c(CN(C(=O)C[C@H](C)OC)[C@@H](C)CC)nc54)cc2-3)[nH]1)C(=O)C[C@H](C)OC. The summed E-state index contributed by atoms with van der Waals surface area (Å²) in [5.41, 5.74) is 6.80. The molecule has 2 N–H and O–H groups in total. The zero-order chi connectivity index (χ0) is 37.8. The van der Waals surface area contributed by atoms with Gasteiger partial charge in [-0.2, -0.15) is 0 Å². The Morgan fingerprint density at radius 3 is 2.28 bits per heavy atom. The third-order valence-corrected chi connectivity index (χ3v) is 10.4. The predicted octanol–water partition coefficient (Wildman–Crippen LogP) is 7.38. The quantitative estimate of drug-likeness (QED) is 0.108. The van der Waals surface area contributed by atoms with Gasteiger partial charge >= 0.3 is 0 Å². The van der Waals surface area contributed by atoms with Gasteiger partial charge in [0, 0.05) is 43.7 Å². The van der Waals surface area contributed by atoms with Gasteiger partial charge in [0.15, 0.2) is 0 Å². The van der Waals surface area contributed by atoms with Crippen molar-refractivity contribution in [3.63, 3.8) is 0 Å². The maximum atomic E-state index is 13.2. The number of aromatic nitrogens is 4. The number of fused-ring (bicyclic) bond motifs is 6. The lowest BCUT2D eigenvalue weighted by molar-refractivity contribution is -0.137. The summed E-state index contributed by atoms with van der Waals surface area (Å²) >= 11 is 0. The topological polar surface area (TPSA) is 126 Å². The standard InChI is InChI=1S/C42H50N6O5/c1-9-11-26(4)48(41(50)17-28(6)52-8)22-38-43-21-36(45-38)30-12-14-32-31(18-30)24-53-37-20-33-29(19-34(32)37)13-15-35-42(33)46-39(44-35)23-47(25(3)10-2)40(49)16-27(5)51-7/h1,12-15,18-21,25-28H,10-11,16-17,22-24H2,2-8H3,(H,43,45)(H,44,46)/t25-,26-,27-,28-/m0/s1. The van der Waals surface area contributed by atoms with E-state index in [0.717, 1.165) is 67.7 Å². The number of imidazole rings is 2. The lowest BCUT2D eigenvalue weighted by atomic mass is 9.92. The first-order valence-corrected chi connectivity index (χ1v) is 18.4. The van der Waals surface area contributed by atoms with Crippen molar-refractivity contribution in [2.45, 2.75) is 104 Å². The molecule has 11 heteroatoms. The molecule has 0 saturated heterocycles. The van der Waals surface area contributed by atoms with E-state index in [0.29, 0.717) is 38.4 Å². The minimum absolute atomic E-state index is 0.0289. The molecule has 53 heavy (non-hydrogen) atoms. The van der Waals surface area contributed by atoms with E-state index < -0.39 is 0 Å². The first-order chi connectivity index (χ1) is 25.5. The lowest BCUT2D eigenvalue weighted by Crippen LogP contribution is -2.39. The molecule has 5 aromatic rings. The molecule has 0 fully saturated rings. The normalized spacial score (nSPS) is 14.5. The molecule has 4 atom stereocenters. The molecule has 0 radical (unpaired) electrons. The molecule has 3 heterocycles. The largest absolute Gasteiger partial charge is 0.488 e. The molecular weight excluding hydrogens is 668 g/mol. The maximum Gasteiger partial charge on any atom is 0.225 e. The summed E-state index contributed by atoms with van der Waals surface area (Å²) in [5, 5.41) is 2.04. The molecule has 6 rings (SSSR count). The molecule has 278 valence electrons. The number of carbonyl (C=O) groups excluding carboxylic acids is 2. The number of carbonyl (C=O) groups is 2. The Bertz CT molecular complexity index is 2150. The Morgan fingerprint density at radius 1 is 0.906 bits per heavy atom. The van der Waals surface area contributed by atoms with Crippen LogP contribution in [0.2, 0.25) is 0 Å². The maximum absolute atomic E-state index is 13.2. The van der Waals surface area contributed by atoms with Crippen LogP contribution in [0.5, 0.6) is 5.75 Å². The number of hydrogen-bond acceptors (Lipinski definition) is 7. The summed E-state index contributed by atoms with van der Waals surface area (Å²) in [6.07, 6.45) is 8.92. The second-order valence-electron chi connectivity index (χ2n) is 14.2. The van der Waals surface area contributed by atoms with Gasteiger partial charge < -0.3 is 34.0 Å². The zero-order valence-corrected chi connectivity index (χ0v) is 31.8. The molecule has 0 spiro atoms. The molecule has 0 saturated carbocycles. The number of nitrogens with one attached hydrogen (secondary N) is 2. The number of hydrogen-bond donors (Lipinski definition) is 2. The van der Waals surface area contributed by atoms with Crippen molar-refractivity contribution in [1.29, 1.82) is 0 Å². The monoisotopic (exact) mass is 718 g/mol. The van der Waals surface area contributed by atoms with Crippen molar-refractivity contribution < 1.29 is 23.8 Å². The van der Waals surface area contributed by atoms with E-state index >= 15 is 0 Å². The average molecular weight is 719 g/mol. The van der Waals surface area contributed by atoms with Crippen molar-refractivity contribution >= 4 is 33.6 Å². The number of amides is 2. The Balaban J connectivity index is 1.24. The Labute approximate surface area is 311 Å². The lowest BCUT2D eigenvalue weighted by Gasteiger charge is -2.28. The minimum Gasteiger partial charge on any atom is -0.488 e. The molecule has 11 nitrogen and oxygen atoms in total. The molecule has 0 bridgehead atoms. The van der Waals surface area contributed by atoms with E-state index in [1.807, 2.05) is 31.7 Å². The smallest absolute Gasteiger partial charge is 0.225 e. The van der Waals surface area contributed by atoms with Gasteiger partial charge in [0.2, 0.25) is 11.8 Å². The number of ether oxygens (including phenoxy) is 3. The van der Waals surface area contributed by atoms with Crippen molar-refractivity contribution in [3.8, 4) is 40.5 Å². The van der Waals surface area contributed by atoms with Gasteiger partial charge in [-0.1, -0.05) is 25.1 Å². The van der Waals surface area contributed by atoms with Crippen LogP contribution in [-0.2, 0) is 38.8 Å². The Kier molecular flexibility index (Phi) is 11.5. The summed E-state index contributed by atoms with van der Waals surface area (Å²) in [6, 6.07) is 14.7. The van der Waals surface area contributed by atoms with Gasteiger partial charge in [0.1, 0.15) is 24.0 Å². The fourth-order valence-electron chi connectivity index (χ4n) is 6.87. The Hall–Kier alpha value is -5.18. The van der Waals surface area contributed by atoms with Crippen LogP contribution in [0.1, 0.15) is 77.5 Å². The number of benzene rings is 3. The van der Waals surface area contributed by atoms with E-state index in [9.17, 15) is 9.59 Å². The van der Waals surface area contributed by atoms with Gasteiger partial charge in [0.05, 0.1) is 61.1 Å². The van der Waals surface area contributed by atoms with E-state index in [-0.39, 0.29) is 42.5 Å². The molecule has 2 aromatic heterocycles. The Morgan fingerprint density at radius 2 is 1.60 bits per heavy atom. The zero-order valence-electron chi connectivity index (χ0n) is 31.8. The summed E-state index contributed by atoms with van der Waals surface area (Å²) in [5.74, 6) is 4.92. The van der Waals surface area contributed by atoms with Crippen molar-refractivity contribution in [3.05, 3.63) is 65.9 Å². The second kappa shape index (κ2) is 16.2. The number of methoxy groups -OCH3 is 2. The van der Waals surface area contributed by atoms with E-state index in [1.54, 1.807) is 25.3 Å². The number of terminal acetylenes is 1. The highest BCUT2D eigenvalue weighted by molar-refractivity contribution is 6.07. The van der Waals surface area contributed by atoms with Crippen LogP contribution >= 0.6 is 0 Å². The van der Waals surface area contributed by atoms with Crippen molar-refractivity contribution in [2.24, 2.45) is 0 Å². The predicted molar refractivity (Wildman–Crippen MR) is 207 cm³/mol. The van der Waals surface area contributed by atoms with E-state index in [2.05, 4.69) is 71.1 Å². The number of aromatic amines is 2. The first-order valence-electron chi connectivity index (χ1n) is 18.4.